The topological polar surface area (TPSA) is 29.3 Å². The molecule has 1 atom stereocenters. The van der Waals surface area contributed by atoms with E-state index in [1.807, 2.05) is 0 Å². The molecule has 0 spiro atoms. The molecule has 2 nitrogen and oxygen atoms in total. The number of aryl methyl sites for hydroxylation is 1. The van der Waals surface area contributed by atoms with Crippen LogP contribution in [0.15, 0.2) is 48.5 Å². The summed E-state index contributed by atoms with van der Waals surface area (Å²) in [7, 11) is 2.10. The van der Waals surface area contributed by atoms with Crippen molar-refractivity contribution in [2.45, 2.75) is 26.3 Å². The SMILES string of the molecule is CC[C@H](N)c1ccccc1N(C)c1ccccc1C. The van der Waals surface area contributed by atoms with Crippen LogP contribution < -0.4 is 10.6 Å². The highest BCUT2D eigenvalue weighted by molar-refractivity contribution is 5.68. The predicted octanol–water partition coefficient (Wildman–Crippen LogP) is 4.17. The Morgan fingerprint density at radius 1 is 1.00 bits per heavy atom. The smallest absolute Gasteiger partial charge is 0.0456 e. The van der Waals surface area contributed by atoms with Crippen LogP contribution in [-0.2, 0) is 0 Å². The van der Waals surface area contributed by atoms with Crippen LogP contribution in [0.4, 0.5) is 11.4 Å². The van der Waals surface area contributed by atoms with Gasteiger partial charge in [-0.05, 0) is 36.6 Å². The average molecular weight is 254 g/mol. The highest BCUT2D eigenvalue weighted by atomic mass is 15.1. The molecule has 0 fully saturated rings. The Hall–Kier alpha value is -1.80. The number of benzene rings is 2. The number of para-hydroxylation sites is 2. The molecule has 0 aliphatic heterocycles. The lowest BCUT2D eigenvalue weighted by atomic mass is 10.0. The van der Waals surface area contributed by atoms with Gasteiger partial charge in [0, 0.05) is 24.5 Å². The van der Waals surface area contributed by atoms with Crippen molar-refractivity contribution in [2.24, 2.45) is 5.73 Å². The van der Waals surface area contributed by atoms with E-state index in [0.717, 1.165) is 6.42 Å². The molecule has 100 valence electrons. The maximum atomic E-state index is 6.22. The van der Waals surface area contributed by atoms with Crippen LogP contribution in [-0.4, -0.2) is 7.05 Å². The molecule has 2 rings (SSSR count). The zero-order valence-electron chi connectivity index (χ0n) is 11.9. The lowest BCUT2D eigenvalue weighted by Gasteiger charge is -2.26. The van der Waals surface area contributed by atoms with Gasteiger partial charge in [-0.3, -0.25) is 0 Å². The van der Waals surface area contributed by atoms with Crippen molar-refractivity contribution in [1.29, 1.82) is 0 Å². The zero-order chi connectivity index (χ0) is 13.8. The van der Waals surface area contributed by atoms with E-state index >= 15 is 0 Å². The van der Waals surface area contributed by atoms with Crippen molar-refractivity contribution in [3.8, 4) is 0 Å². The maximum absolute atomic E-state index is 6.22. The van der Waals surface area contributed by atoms with Gasteiger partial charge >= 0.3 is 0 Å². The Kier molecular flexibility index (Phi) is 4.23. The Morgan fingerprint density at radius 3 is 2.21 bits per heavy atom. The van der Waals surface area contributed by atoms with Crippen molar-refractivity contribution in [3.63, 3.8) is 0 Å². The van der Waals surface area contributed by atoms with Crippen LogP contribution in [0.3, 0.4) is 0 Å². The molecule has 2 N–H and O–H groups in total. The summed E-state index contributed by atoms with van der Waals surface area (Å²) in [6.45, 7) is 4.25. The fraction of sp³-hybridized carbons (Fsp3) is 0.294. The third kappa shape index (κ3) is 2.79. The van der Waals surface area contributed by atoms with Crippen molar-refractivity contribution in [1.82, 2.24) is 0 Å². The number of nitrogens with zero attached hydrogens (tertiary/aromatic N) is 1. The molecule has 2 aromatic rings. The lowest BCUT2D eigenvalue weighted by Crippen LogP contribution is -2.17. The highest BCUT2D eigenvalue weighted by Gasteiger charge is 2.14. The van der Waals surface area contributed by atoms with Gasteiger partial charge in [-0.15, -0.1) is 0 Å². The van der Waals surface area contributed by atoms with Crippen molar-refractivity contribution >= 4 is 11.4 Å². The summed E-state index contributed by atoms with van der Waals surface area (Å²) >= 11 is 0. The molecular weight excluding hydrogens is 232 g/mol. The molecule has 19 heavy (non-hydrogen) atoms. The monoisotopic (exact) mass is 254 g/mol. The van der Waals surface area contributed by atoms with E-state index in [9.17, 15) is 0 Å². The van der Waals surface area contributed by atoms with Gasteiger partial charge in [0.1, 0.15) is 0 Å². The summed E-state index contributed by atoms with van der Waals surface area (Å²) in [5.74, 6) is 0. The number of nitrogens with two attached hydrogens (primary N) is 1. The molecule has 0 bridgehead atoms. The Balaban J connectivity index is 2.45. The molecule has 0 radical (unpaired) electrons. The summed E-state index contributed by atoms with van der Waals surface area (Å²) in [4.78, 5) is 2.22. The van der Waals surface area contributed by atoms with Gasteiger partial charge in [-0.2, -0.15) is 0 Å². The largest absolute Gasteiger partial charge is 0.344 e. The zero-order valence-corrected chi connectivity index (χ0v) is 11.9. The van der Waals surface area contributed by atoms with Crippen LogP contribution in [0.1, 0.15) is 30.5 Å². The second-order valence-electron chi connectivity index (χ2n) is 4.92. The molecule has 0 aliphatic rings. The summed E-state index contributed by atoms with van der Waals surface area (Å²) in [5.41, 5.74) is 11.1. The molecule has 2 heteroatoms. The molecule has 2 aromatic carbocycles. The summed E-state index contributed by atoms with van der Waals surface area (Å²) in [6.07, 6.45) is 0.943. The van der Waals surface area contributed by atoms with Crippen molar-refractivity contribution < 1.29 is 0 Å². The van der Waals surface area contributed by atoms with Gasteiger partial charge in [-0.25, -0.2) is 0 Å². The molecule has 0 aromatic heterocycles. The second-order valence-corrected chi connectivity index (χ2v) is 4.92. The average Bonchev–Trinajstić information content (AvgIpc) is 2.46. The third-order valence-corrected chi connectivity index (χ3v) is 3.61. The van der Waals surface area contributed by atoms with Gasteiger partial charge < -0.3 is 10.6 Å². The minimum Gasteiger partial charge on any atom is -0.344 e. The summed E-state index contributed by atoms with van der Waals surface area (Å²) < 4.78 is 0. The first-order valence-corrected chi connectivity index (χ1v) is 6.79. The van der Waals surface area contributed by atoms with Crippen molar-refractivity contribution in [3.05, 3.63) is 59.7 Å². The van der Waals surface area contributed by atoms with E-state index in [4.69, 9.17) is 5.73 Å². The maximum Gasteiger partial charge on any atom is 0.0456 e. The molecule has 0 aliphatic carbocycles. The Labute approximate surface area is 115 Å². The highest BCUT2D eigenvalue weighted by Crippen LogP contribution is 2.32. The molecule has 0 unspecified atom stereocenters. The first-order chi connectivity index (χ1) is 9.15. The van der Waals surface area contributed by atoms with Gasteiger partial charge in [0.15, 0.2) is 0 Å². The third-order valence-electron chi connectivity index (χ3n) is 3.61. The minimum absolute atomic E-state index is 0.0858. The minimum atomic E-state index is 0.0858. The van der Waals surface area contributed by atoms with E-state index in [1.54, 1.807) is 0 Å². The molecule has 0 saturated heterocycles. The van der Waals surface area contributed by atoms with E-state index in [0.29, 0.717) is 0 Å². The van der Waals surface area contributed by atoms with Crippen LogP contribution in [0.5, 0.6) is 0 Å². The summed E-state index contributed by atoms with van der Waals surface area (Å²) in [5, 5.41) is 0. The first-order valence-electron chi connectivity index (χ1n) is 6.79. The molecular formula is C17H22N2. The number of hydrogen-bond donors (Lipinski definition) is 1. The van der Waals surface area contributed by atoms with Crippen LogP contribution in [0.2, 0.25) is 0 Å². The molecule has 0 heterocycles. The summed E-state index contributed by atoms with van der Waals surface area (Å²) in [6, 6.07) is 16.9. The van der Waals surface area contributed by atoms with E-state index in [-0.39, 0.29) is 6.04 Å². The normalized spacial score (nSPS) is 12.2. The lowest BCUT2D eigenvalue weighted by molar-refractivity contribution is 0.698. The van der Waals surface area contributed by atoms with E-state index < -0.39 is 0 Å². The van der Waals surface area contributed by atoms with Crippen molar-refractivity contribution in [2.75, 3.05) is 11.9 Å². The quantitative estimate of drug-likeness (QED) is 0.887. The fourth-order valence-electron chi connectivity index (χ4n) is 2.40. The van der Waals surface area contributed by atoms with Gasteiger partial charge in [0.25, 0.3) is 0 Å². The fourth-order valence-corrected chi connectivity index (χ4v) is 2.40. The molecule has 0 amide bonds. The number of rotatable bonds is 4. The van der Waals surface area contributed by atoms with Gasteiger partial charge in [-0.1, -0.05) is 43.3 Å². The van der Waals surface area contributed by atoms with Gasteiger partial charge in [0.2, 0.25) is 0 Å². The predicted molar refractivity (Wildman–Crippen MR) is 82.9 cm³/mol. The first kappa shape index (κ1) is 13.6. The van der Waals surface area contributed by atoms with Crippen LogP contribution >= 0.6 is 0 Å². The standard InChI is InChI=1S/C17H22N2/c1-4-15(18)14-10-6-8-12-17(14)19(3)16-11-7-5-9-13(16)2/h5-12,15H,4,18H2,1-3H3/t15-/m0/s1. The van der Waals surface area contributed by atoms with Crippen LogP contribution in [0, 0.1) is 6.92 Å². The Morgan fingerprint density at radius 2 is 1.58 bits per heavy atom. The molecule has 0 saturated carbocycles. The van der Waals surface area contributed by atoms with E-state index in [2.05, 4.69) is 74.3 Å². The second kappa shape index (κ2) is 5.89. The van der Waals surface area contributed by atoms with Gasteiger partial charge in [0.05, 0.1) is 0 Å². The number of hydrogen-bond acceptors (Lipinski definition) is 2. The van der Waals surface area contributed by atoms with E-state index in [1.165, 1.54) is 22.5 Å². The van der Waals surface area contributed by atoms with Crippen LogP contribution in [0.25, 0.3) is 0 Å². The Bertz CT molecular complexity index is 548. The number of anilines is 2.